The second-order valence-corrected chi connectivity index (χ2v) is 9.25. The number of likely N-dealkylation sites (N-methyl/N-ethyl adjacent to an activating group) is 1. The first-order valence-electron chi connectivity index (χ1n) is 12.3. The van der Waals surface area contributed by atoms with Crippen molar-refractivity contribution in [3.8, 4) is 5.69 Å². The van der Waals surface area contributed by atoms with Crippen LogP contribution >= 0.6 is 0 Å². The second kappa shape index (κ2) is 14.6. The molecule has 0 saturated carbocycles. The number of hydrazone groups is 1. The van der Waals surface area contributed by atoms with Crippen LogP contribution in [0.2, 0.25) is 0 Å². The summed E-state index contributed by atoms with van der Waals surface area (Å²) in [6, 6.07) is 18.6. The van der Waals surface area contributed by atoms with Crippen LogP contribution in [0.1, 0.15) is 58.4 Å². The van der Waals surface area contributed by atoms with E-state index in [1.807, 2.05) is 29.0 Å². The molecular weight excluding hydrogens is 462 g/mol. The number of aldehydes is 2. The minimum absolute atomic E-state index is 0.307. The summed E-state index contributed by atoms with van der Waals surface area (Å²) in [6.45, 7) is 11.4. The van der Waals surface area contributed by atoms with Crippen LogP contribution in [0.25, 0.3) is 5.69 Å². The number of aromatic nitrogens is 1. The van der Waals surface area contributed by atoms with Crippen LogP contribution in [0.5, 0.6) is 0 Å². The van der Waals surface area contributed by atoms with Crippen molar-refractivity contribution in [3.05, 3.63) is 101 Å². The molecular formula is C30H39N5O2. The van der Waals surface area contributed by atoms with Crippen LogP contribution in [0.15, 0.2) is 78.6 Å². The van der Waals surface area contributed by atoms with Crippen LogP contribution in [-0.2, 0) is 4.79 Å². The number of amidine groups is 1. The van der Waals surface area contributed by atoms with Gasteiger partial charge in [-0.3, -0.25) is 9.59 Å². The molecule has 0 spiro atoms. The molecule has 2 aromatic carbocycles. The quantitative estimate of drug-likeness (QED) is 0.162. The van der Waals surface area contributed by atoms with Gasteiger partial charge in [0, 0.05) is 43.5 Å². The van der Waals surface area contributed by atoms with E-state index in [1.54, 1.807) is 7.05 Å². The van der Waals surface area contributed by atoms with Crippen molar-refractivity contribution in [2.45, 2.75) is 32.6 Å². The number of likely N-dealkylation sites (tertiary alicyclic amines) is 1. The predicted octanol–water partition coefficient (Wildman–Crippen LogP) is 4.65. The van der Waals surface area contributed by atoms with E-state index in [-0.39, 0.29) is 0 Å². The van der Waals surface area contributed by atoms with Crippen LogP contribution in [0.4, 0.5) is 0 Å². The van der Waals surface area contributed by atoms with Gasteiger partial charge in [-0.05, 0) is 49.2 Å². The van der Waals surface area contributed by atoms with Gasteiger partial charge in [0.2, 0.25) is 0 Å². The van der Waals surface area contributed by atoms with Crippen molar-refractivity contribution in [2.24, 2.45) is 10.8 Å². The minimum atomic E-state index is 0.307. The Kier molecular flexibility index (Phi) is 11.5. The molecule has 1 aromatic heterocycles. The number of nitrogens with one attached hydrogen (secondary N) is 1. The molecule has 196 valence electrons. The third-order valence-electron chi connectivity index (χ3n) is 6.05. The second-order valence-electron chi connectivity index (χ2n) is 9.25. The van der Waals surface area contributed by atoms with Crippen molar-refractivity contribution in [1.29, 1.82) is 0 Å². The minimum Gasteiger partial charge on any atom is -0.381 e. The number of hydrogen-bond donors (Lipinski definition) is 2. The van der Waals surface area contributed by atoms with Crippen molar-refractivity contribution in [3.63, 3.8) is 0 Å². The van der Waals surface area contributed by atoms with E-state index in [2.05, 4.69) is 86.2 Å². The Bertz CT molecular complexity index is 1170. The summed E-state index contributed by atoms with van der Waals surface area (Å²) in [7, 11) is 3.77. The number of benzene rings is 2. The molecule has 0 unspecified atom stereocenters. The molecule has 0 atom stereocenters. The number of nitrogens with two attached hydrogens (primary N) is 1. The molecule has 2 heterocycles. The Hall–Kier alpha value is -3.97. The Morgan fingerprint density at radius 2 is 1.70 bits per heavy atom. The molecule has 4 rings (SSSR count). The molecule has 7 nitrogen and oxygen atoms in total. The average Bonchev–Trinajstić information content (AvgIpc) is 3.27. The monoisotopic (exact) mass is 501 g/mol. The highest BCUT2D eigenvalue weighted by Gasteiger charge is 2.31. The van der Waals surface area contributed by atoms with Gasteiger partial charge in [-0.1, -0.05) is 68.5 Å². The smallest absolute Gasteiger partial charge is 0.168 e. The lowest BCUT2D eigenvalue weighted by atomic mass is 9.91. The van der Waals surface area contributed by atoms with Crippen molar-refractivity contribution < 1.29 is 9.59 Å². The summed E-state index contributed by atoms with van der Waals surface area (Å²) in [5.41, 5.74) is 14.8. The number of allylic oxidation sites excluding steroid dienone is 1. The Labute approximate surface area is 220 Å². The third-order valence-corrected chi connectivity index (χ3v) is 6.05. The molecule has 37 heavy (non-hydrogen) atoms. The molecule has 1 saturated heterocycles. The van der Waals surface area contributed by atoms with Gasteiger partial charge < -0.3 is 20.6 Å². The normalized spacial score (nSPS) is 13.4. The molecule has 0 aliphatic carbocycles. The van der Waals surface area contributed by atoms with E-state index in [9.17, 15) is 4.79 Å². The Morgan fingerprint density at radius 1 is 1.11 bits per heavy atom. The van der Waals surface area contributed by atoms with Gasteiger partial charge in [0.25, 0.3) is 0 Å². The van der Waals surface area contributed by atoms with Gasteiger partial charge in [0.1, 0.15) is 12.0 Å². The fourth-order valence-corrected chi connectivity index (χ4v) is 4.08. The van der Waals surface area contributed by atoms with Gasteiger partial charge in [0.15, 0.2) is 12.1 Å². The summed E-state index contributed by atoms with van der Waals surface area (Å²) >= 11 is 0. The van der Waals surface area contributed by atoms with Crippen LogP contribution in [0.3, 0.4) is 0 Å². The predicted molar refractivity (Wildman–Crippen MR) is 153 cm³/mol. The number of carbonyl (C=O) groups excluding carboxylic acids is 2. The highest BCUT2D eigenvalue weighted by molar-refractivity contribution is 6.04. The van der Waals surface area contributed by atoms with Crippen molar-refractivity contribution >= 4 is 18.4 Å². The zero-order valence-electron chi connectivity index (χ0n) is 22.5. The molecule has 0 radical (unpaired) electrons. The zero-order valence-corrected chi connectivity index (χ0v) is 22.5. The van der Waals surface area contributed by atoms with E-state index in [0.29, 0.717) is 35.2 Å². The molecule has 1 fully saturated rings. The summed E-state index contributed by atoms with van der Waals surface area (Å²) in [5.74, 6) is 1.12. The molecule has 0 amide bonds. The van der Waals surface area contributed by atoms with Crippen LogP contribution in [0, 0.1) is 6.92 Å². The first kappa shape index (κ1) is 29.3. The first-order chi connectivity index (χ1) is 17.8. The standard InChI is InChI=1S/C20H27N5O.C7H8.C3H4O/c1-13(2)14-5-7-16(8-6-14)25-11-17(15-9-24(4)10-15)18(12-26)19(25)20(21)23-22-3;1-7-5-3-2-4-6-7;1-2-3-4/h5-8,11-13,15,22H,9-10H2,1-4H3,(H2,21,23);2-6H,1H3;2-3H,1H2. The Balaban J connectivity index is 0.000000363. The molecule has 3 N–H and O–H groups in total. The van der Waals surface area contributed by atoms with Gasteiger partial charge in [-0.2, -0.15) is 5.10 Å². The van der Waals surface area contributed by atoms with Crippen molar-refractivity contribution in [1.82, 2.24) is 14.9 Å². The summed E-state index contributed by atoms with van der Waals surface area (Å²) in [6.07, 6.45) is 4.78. The van der Waals surface area contributed by atoms with Gasteiger partial charge >= 0.3 is 0 Å². The lowest BCUT2D eigenvalue weighted by Gasteiger charge is -2.36. The first-order valence-corrected chi connectivity index (χ1v) is 12.3. The maximum absolute atomic E-state index is 11.9. The fraction of sp³-hybridized carbons (Fsp3) is 0.300. The van der Waals surface area contributed by atoms with Gasteiger partial charge in [-0.15, -0.1) is 0 Å². The molecule has 1 aliphatic rings. The Morgan fingerprint density at radius 3 is 2.11 bits per heavy atom. The average molecular weight is 502 g/mol. The number of nitrogens with zero attached hydrogens (tertiary/aromatic N) is 3. The molecule has 1 aliphatic heterocycles. The summed E-state index contributed by atoms with van der Waals surface area (Å²) in [4.78, 5) is 23.2. The van der Waals surface area contributed by atoms with E-state index in [4.69, 9.17) is 10.5 Å². The number of hydrogen-bond acceptors (Lipinski definition) is 5. The van der Waals surface area contributed by atoms with Gasteiger partial charge in [0.05, 0.1) is 0 Å². The zero-order chi connectivity index (χ0) is 27.4. The van der Waals surface area contributed by atoms with Gasteiger partial charge in [-0.25, -0.2) is 0 Å². The van der Waals surface area contributed by atoms with E-state index in [1.165, 1.54) is 17.2 Å². The van der Waals surface area contributed by atoms with E-state index in [0.717, 1.165) is 30.6 Å². The highest BCUT2D eigenvalue weighted by Crippen LogP contribution is 2.32. The molecule has 7 heteroatoms. The largest absolute Gasteiger partial charge is 0.381 e. The maximum Gasteiger partial charge on any atom is 0.168 e. The summed E-state index contributed by atoms with van der Waals surface area (Å²) < 4.78 is 1.98. The lowest BCUT2D eigenvalue weighted by molar-refractivity contribution is -0.104. The topological polar surface area (TPSA) is 92.7 Å². The number of aryl methyl sites for hydroxylation is 1. The van der Waals surface area contributed by atoms with Crippen molar-refractivity contribution in [2.75, 3.05) is 27.2 Å². The van der Waals surface area contributed by atoms with Crippen LogP contribution in [-0.4, -0.2) is 55.1 Å². The van der Waals surface area contributed by atoms with E-state index >= 15 is 0 Å². The van der Waals surface area contributed by atoms with E-state index < -0.39 is 0 Å². The summed E-state index contributed by atoms with van der Waals surface area (Å²) in [5, 5.41) is 4.12. The molecule has 3 aromatic rings. The SMILES string of the molecule is C=CC=O.CN/N=C(/N)c1c(C=O)c(C2CN(C)C2)cn1-c1ccc(C(C)C)cc1.Cc1ccccc1. The molecule has 0 bridgehead atoms. The number of rotatable bonds is 7. The maximum atomic E-state index is 11.9. The van der Waals surface area contributed by atoms with Crippen LogP contribution < -0.4 is 11.2 Å². The fourth-order valence-electron chi connectivity index (χ4n) is 4.08. The highest BCUT2D eigenvalue weighted by atomic mass is 16.1. The number of carbonyl (C=O) groups is 2. The third kappa shape index (κ3) is 8.02. The lowest BCUT2D eigenvalue weighted by Crippen LogP contribution is -2.42.